The summed E-state index contributed by atoms with van der Waals surface area (Å²) < 4.78 is 23.0. The van der Waals surface area contributed by atoms with E-state index < -0.39 is 17.5 Å². The Morgan fingerprint density at radius 3 is 2.87 bits per heavy atom. The average molecular weight is 440 g/mol. The molecule has 0 saturated carbocycles. The summed E-state index contributed by atoms with van der Waals surface area (Å²) in [7, 11) is 1.32. The number of hydrogen-bond donors (Lipinski definition) is 1. The molecule has 1 saturated heterocycles. The molecule has 1 N–H and O–H groups in total. The van der Waals surface area contributed by atoms with E-state index in [2.05, 4.69) is 37.5 Å². The van der Waals surface area contributed by atoms with Crippen LogP contribution in [0.25, 0.3) is 0 Å². The van der Waals surface area contributed by atoms with Crippen LogP contribution in [0.2, 0.25) is 0 Å². The van der Waals surface area contributed by atoms with E-state index in [1.807, 2.05) is 24.3 Å². The van der Waals surface area contributed by atoms with Crippen LogP contribution in [0.3, 0.4) is 0 Å². The van der Waals surface area contributed by atoms with Gasteiger partial charge in [-0.3, -0.25) is 0 Å². The molecule has 0 aliphatic carbocycles. The first-order valence-electron chi connectivity index (χ1n) is 10.7. The second-order valence-corrected chi connectivity index (χ2v) is 8.67. The molecule has 1 aliphatic rings. The maximum absolute atomic E-state index is 13.1. The molecule has 0 radical (unpaired) electrons. The van der Waals surface area contributed by atoms with E-state index in [1.165, 1.54) is 13.5 Å². The topological polar surface area (TPSA) is 77.5 Å². The van der Waals surface area contributed by atoms with E-state index in [0.29, 0.717) is 11.6 Å². The van der Waals surface area contributed by atoms with Crippen molar-refractivity contribution in [2.75, 3.05) is 18.4 Å². The number of rotatable bonds is 7. The summed E-state index contributed by atoms with van der Waals surface area (Å²) in [6.07, 6.45) is 8.31. The minimum atomic E-state index is -1.31. The summed E-state index contributed by atoms with van der Waals surface area (Å²) >= 11 is -1.31. The van der Waals surface area contributed by atoms with Crippen molar-refractivity contribution in [3.8, 4) is 11.8 Å². The summed E-state index contributed by atoms with van der Waals surface area (Å²) in [6, 6.07) is 11.3. The van der Waals surface area contributed by atoms with Crippen molar-refractivity contribution < 1.29 is 14.1 Å². The molecule has 0 amide bonds. The van der Waals surface area contributed by atoms with Crippen molar-refractivity contribution in [3.05, 3.63) is 59.4 Å². The fourth-order valence-electron chi connectivity index (χ4n) is 3.59. The van der Waals surface area contributed by atoms with Gasteiger partial charge in [0.1, 0.15) is 5.69 Å². The molecular formula is C24H29N3O3S. The lowest BCUT2D eigenvalue weighted by molar-refractivity contribution is 0.0594. The maximum atomic E-state index is 13.1. The highest BCUT2D eigenvalue weighted by molar-refractivity contribution is 7.90. The Hall–Kier alpha value is -2.53. The minimum absolute atomic E-state index is 0.240. The molecule has 1 aliphatic heterocycles. The van der Waals surface area contributed by atoms with Gasteiger partial charge < -0.3 is 9.29 Å². The Kier molecular flexibility index (Phi) is 8.77. The van der Waals surface area contributed by atoms with Crippen LogP contribution in [0.5, 0.6) is 0 Å². The molecule has 2 unspecified atom stereocenters. The Balaban J connectivity index is 1.72. The Morgan fingerprint density at radius 1 is 1.29 bits per heavy atom. The first-order chi connectivity index (χ1) is 15.1. The zero-order valence-electron chi connectivity index (χ0n) is 18.1. The molecule has 1 aromatic heterocycles. The van der Waals surface area contributed by atoms with Gasteiger partial charge in [0.2, 0.25) is 0 Å². The highest BCUT2D eigenvalue weighted by Crippen LogP contribution is 2.26. The van der Waals surface area contributed by atoms with Crippen LogP contribution in [-0.4, -0.2) is 39.5 Å². The smallest absolute Gasteiger partial charge is 0.356 e. The van der Waals surface area contributed by atoms with E-state index in [1.54, 1.807) is 18.3 Å². The second kappa shape index (κ2) is 11.8. The number of anilines is 1. The fourth-order valence-corrected chi connectivity index (χ4v) is 4.85. The second-order valence-electron chi connectivity index (χ2n) is 7.50. The van der Waals surface area contributed by atoms with Crippen LogP contribution in [-0.2, 0) is 16.3 Å². The summed E-state index contributed by atoms with van der Waals surface area (Å²) in [5, 5.41) is 0. The van der Waals surface area contributed by atoms with Crippen LogP contribution < -0.4 is 4.72 Å². The van der Waals surface area contributed by atoms with Gasteiger partial charge >= 0.3 is 5.97 Å². The van der Waals surface area contributed by atoms with Gasteiger partial charge in [-0.05, 0) is 43.5 Å². The van der Waals surface area contributed by atoms with Crippen molar-refractivity contribution in [2.24, 2.45) is 0 Å². The Bertz CT molecular complexity index is 924. The van der Waals surface area contributed by atoms with E-state index in [9.17, 15) is 9.35 Å². The third-order valence-electron chi connectivity index (χ3n) is 5.30. The molecule has 0 spiro atoms. The summed E-state index contributed by atoms with van der Waals surface area (Å²) in [5.41, 5.74) is 2.42. The summed E-state index contributed by atoms with van der Waals surface area (Å²) in [5.74, 6) is 5.70. The van der Waals surface area contributed by atoms with Gasteiger partial charge in [0.15, 0.2) is 11.5 Å². The first-order valence-corrected chi connectivity index (χ1v) is 11.8. The predicted molar refractivity (Wildman–Crippen MR) is 124 cm³/mol. The Labute approximate surface area is 187 Å². The zero-order valence-corrected chi connectivity index (χ0v) is 18.9. The fraction of sp³-hybridized carbons (Fsp3) is 0.417. The number of carbonyl (C=O) groups excluding carboxylic acids is 1. The number of esters is 1. The lowest BCUT2D eigenvalue weighted by atomic mass is 10.00. The summed E-state index contributed by atoms with van der Waals surface area (Å²) in [6.45, 7) is 3.04. The molecule has 2 heterocycles. The number of ether oxygens (including phenoxy) is 1. The van der Waals surface area contributed by atoms with Crippen LogP contribution in [0.4, 0.5) is 5.69 Å². The van der Waals surface area contributed by atoms with Gasteiger partial charge in [-0.15, -0.1) is 4.31 Å². The summed E-state index contributed by atoms with van der Waals surface area (Å²) in [4.78, 5) is 15.6. The van der Waals surface area contributed by atoms with E-state index in [4.69, 9.17) is 0 Å². The largest absolute Gasteiger partial charge is 0.573 e. The van der Waals surface area contributed by atoms with Gasteiger partial charge in [-0.2, -0.15) is 4.72 Å². The molecule has 164 valence electrons. The number of carbonyl (C=O) groups is 1. The molecule has 31 heavy (non-hydrogen) atoms. The monoisotopic (exact) mass is 439 g/mol. The quantitative estimate of drug-likeness (QED) is 0.394. The molecule has 6 nitrogen and oxygen atoms in total. The number of methoxy groups -OCH3 is 1. The highest BCUT2D eigenvalue weighted by Gasteiger charge is 2.32. The van der Waals surface area contributed by atoms with Gasteiger partial charge in [-0.1, -0.05) is 50.2 Å². The zero-order chi connectivity index (χ0) is 22.1. The number of nitrogens with zero attached hydrogens (tertiary/aromatic N) is 2. The van der Waals surface area contributed by atoms with Gasteiger partial charge in [0.05, 0.1) is 24.4 Å². The number of benzene rings is 1. The molecule has 0 bridgehead atoms. The van der Waals surface area contributed by atoms with E-state index in [0.717, 1.165) is 49.9 Å². The third kappa shape index (κ3) is 6.47. The molecule has 2 aromatic rings. The number of para-hydroxylation sites is 1. The van der Waals surface area contributed by atoms with Crippen molar-refractivity contribution in [3.63, 3.8) is 0 Å². The van der Waals surface area contributed by atoms with Gasteiger partial charge in [0.25, 0.3) is 0 Å². The highest BCUT2D eigenvalue weighted by atomic mass is 32.2. The maximum Gasteiger partial charge on any atom is 0.356 e. The Morgan fingerprint density at radius 2 is 2.13 bits per heavy atom. The van der Waals surface area contributed by atoms with Crippen LogP contribution in [0.1, 0.15) is 67.1 Å². The van der Waals surface area contributed by atoms with Gasteiger partial charge in [-0.25, -0.2) is 9.78 Å². The number of unbranched alkanes of at least 4 members (excludes halogenated alkanes) is 1. The molecule has 2 atom stereocenters. The number of hydrogen-bond acceptors (Lipinski definition) is 6. The van der Waals surface area contributed by atoms with Crippen LogP contribution in [0.15, 0.2) is 42.6 Å². The minimum Gasteiger partial charge on any atom is -0.573 e. The lowest BCUT2D eigenvalue weighted by Crippen LogP contribution is -2.46. The third-order valence-corrected chi connectivity index (χ3v) is 6.60. The number of piperidine rings is 1. The lowest BCUT2D eigenvalue weighted by Gasteiger charge is -2.34. The van der Waals surface area contributed by atoms with E-state index in [-0.39, 0.29) is 5.69 Å². The average Bonchev–Trinajstić information content (AvgIpc) is 2.82. The molecule has 1 aromatic carbocycles. The van der Waals surface area contributed by atoms with Crippen molar-refractivity contribution >= 4 is 23.2 Å². The van der Waals surface area contributed by atoms with E-state index >= 15 is 0 Å². The number of nitrogens with one attached hydrogen (secondary N) is 1. The molecule has 3 rings (SSSR count). The number of aromatic nitrogens is 1. The van der Waals surface area contributed by atoms with Crippen molar-refractivity contribution in [2.45, 2.75) is 51.5 Å². The first kappa shape index (κ1) is 23.1. The normalized spacial score (nSPS) is 17.3. The number of pyridine rings is 1. The standard InChI is InChI=1S/C24H29N3O3S/c1-3-4-10-21-11-7-8-17-27(21)31(29)26-22-12-6-5-9-20(22)15-13-19-14-16-23(25-18-19)24(28)30-2/h5-6,9,12,14,16,18,21,26H,3-4,7-8,10-11,17H2,1-2H3. The van der Waals surface area contributed by atoms with Crippen molar-refractivity contribution in [1.29, 1.82) is 0 Å². The van der Waals surface area contributed by atoms with Crippen molar-refractivity contribution in [1.82, 2.24) is 9.29 Å². The van der Waals surface area contributed by atoms with Gasteiger partial charge in [0, 0.05) is 18.3 Å². The predicted octanol–water partition coefficient (Wildman–Crippen LogP) is 4.30. The SMILES string of the molecule is CCCCC1CCCCN1[S+]([O-])Nc1ccccc1C#Cc1ccc(C(=O)OC)nc1. The van der Waals surface area contributed by atoms with Crippen LogP contribution >= 0.6 is 0 Å². The molecular weight excluding hydrogens is 410 g/mol. The molecule has 1 fully saturated rings. The molecule has 7 heteroatoms. The van der Waals surface area contributed by atoms with Crippen LogP contribution in [0, 0.1) is 11.8 Å².